The van der Waals surface area contributed by atoms with E-state index in [1.165, 1.54) is 5.69 Å². The summed E-state index contributed by atoms with van der Waals surface area (Å²) in [5, 5.41) is 6.68. The van der Waals surface area contributed by atoms with E-state index in [0.29, 0.717) is 32.8 Å². The van der Waals surface area contributed by atoms with Gasteiger partial charge in [-0.3, -0.25) is 4.79 Å². The SMILES string of the molecule is Cn1c(Nc2cc(CNC(=O)C3(C(F)(F)F)CC3)ccc2Cl)nc2cc(Cl)c(N3CCN(c4ccccc4)CC3)cc21. The van der Waals surface area contributed by atoms with Gasteiger partial charge in [0.15, 0.2) is 0 Å². The molecule has 7 nitrogen and oxygen atoms in total. The molecule has 0 spiro atoms. The molecular formula is C30H29Cl2F3N6O. The van der Waals surface area contributed by atoms with Crippen LogP contribution in [0.5, 0.6) is 0 Å². The molecule has 1 aromatic heterocycles. The summed E-state index contributed by atoms with van der Waals surface area (Å²) in [6.07, 6.45) is -4.92. The van der Waals surface area contributed by atoms with Gasteiger partial charge >= 0.3 is 6.18 Å². The molecule has 0 unspecified atom stereocenters. The molecule has 220 valence electrons. The van der Waals surface area contributed by atoms with Gasteiger partial charge in [-0.25, -0.2) is 4.98 Å². The first-order chi connectivity index (χ1) is 20.1. The number of rotatable bonds is 7. The molecule has 2 heterocycles. The highest BCUT2D eigenvalue weighted by atomic mass is 35.5. The second kappa shape index (κ2) is 10.9. The Balaban J connectivity index is 1.17. The maximum Gasteiger partial charge on any atom is 0.403 e. The van der Waals surface area contributed by atoms with Crippen molar-refractivity contribution in [2.24, 2.45) is 12.5 Å². The van der Waals surface area contributed by atoms with Crippen LogP contribution in [0.3, 0.4) is 0 Å². The first kappa shape index (κ1) is 28.5. The van der Waals surface area contributed by atoms with E-state index in [1.54, 1.807) is 18.2 Å². The Hall–Kier alpha value is -3.63. The van der Waals surface area contributed by atoms with Crippen LogP contribution in [0.25, 0.3) is 11.0 Å². The van der Waals surface area contributed by atoms with Gasteiger partial charge in [-0.2, -0.15) is 13.2 Å². The second-order valence-corrected chi connectivity index (χ2v) is 11.6. The lowest BCUT2D eigenvalue weighted by Gasteiger charge is -2.37. The number of carbonyl (C=O) groups excluding carboxylic acids is 1. The molecule has 3 aromatic carbocycles. The fourth-order valence-electron chi connectivity index (χ4n) is 5.41. The lowest BCUT2D eigenvalue weighted by molar-refractivity contribution is -0.192. The Labute approximate surface area is 251 Å². The number of benzene rings is 3. The van der Waals surface area contributed by atoms with Gasteiger partial charge in [-0.1, -0.05) is 47.5 Å². The average Bonchev–Trinajstić information content (AvgIpc) is 3.75. The quantitative estimate of drug-likeness (QED) is 0.236. The third-order valence-corrected chi connectivity index (χ3v) is 8.78. The van der Waals surface area contributed by atoms with E-state index in [0.717, 1.165) is 37.4 Å². The van der Waals surface area contributed by atoms with Crippen LogP contribution < -0.4 is 20.4 Å². The number of amides is 1. The summed E-state index contributed by atoms with van der Waals surface area (Å²) >= 11 is 13.2. The number of nitrogens with zero attached hydrogens (tertiary/aromatic N) is 4. The van der Waals surface area contributed by atoms with Crippen LogP contribution in [0.1, 0.15) is 18.4 Å². The summed E-state index contributed by atoms with van der Waals surface area (Å²) < 4.78 is 41.7. The predicted molar refractivity (Wildman–Crippen MR) is 161 cm³/mol. The van der Waals surface area contributed by atoms with Crippen molar-refractivity contribution in [2.75, 3.05) is 41.3 Å². The second-order valence-electron chi connectivity index (χ2n) is 10.8. The molecule has 2 aliphatic rings. The van der Waals surface area contributed by atoms with E-state index in [1.807, 2.05) is 41.9 Å². The maximum absolute atomic E-state index is 13.3. The molecule has 0 radical (unpaired) electrons. The van der Waals surface area contributed by atoms with Gasteiger partial charge in [0.2, 0.25) is 11.9 Å². The predicted octanol–water partition coefficient (Wildman–Crippen LogP) is 6.91. The minimum atomic E-state index is -4.55. The Morgan fingerprint density at radius 3 is 2.31 bits per heavy atom. The van der Waals surface area contributed by atoms with E-state index in [9.17, 15) is 18.0 Å². The largest absolute Gasteiger partial charge is 0.403 e. The smallest absolute Gasteiger partial charge is 0.368 e. The number of hydrogen-bond donors (Lipinski definition) is 2. The number of aromatic nitrogens is 2. The first-order valence-electron chi connectivity index (χ1n) is 13.7. The highest BCUT2D eigenvalue weighted by molar-refractivity contribution is 6.34. The molecular weight excluding hydrogens is 588 g/mol. The minimum Gasteiger partial charge on any atom is -0.368 e. The summed E-state index contributed by atoms with van der Waals surface area (Å²) in [6.45, 7) is 3.35. The van der Waals surface area contributed by atoms with Crippen molar-refractivity contribution in [2.45, 2.75) is 25.6 Å². The van der Waals surface area contributed by atoms with Crippen LogP contribution in [-0.2, 0) is 18.4 Å². The molecule has 1 aliphatic heterocycles. The molecule has 4 aromatic rings. The molecule has 6 rings (SSSR count). The number of imidazole rings is 1. The Morgan fingerprint density at radius 2 is 1.64 bits per heavy atom. The van der Waals surface area contributed by atoms with Crippen LogP contribution in [-0.4, -0.2) is 47.8 Å². The van der Waals surface area contributed by atoms with Crippen molar-refractivity contribution in [3.63, 3.8) is 0 Å². The third-order valence-electron chi connectivity index (χ3n) is 8.15. The Morgan fingerprint density at radius 1 is 0.952 bits per heavy atom. The van der Waals surface area contributed by atoms with E-state index >= 15 is 0 Å². The number of piperazine rings is 1. The summed E-state index contributed by atoms with van der Waals surface area (Å²) in [5.74, 6) is -0.479. The lowest BCUT2D eigenvalue weighted by atomic mass is 10.1. The van der Waals surface area contributed by atoms with E-state index < -0.39 is 17.5 Å². The number of alkyl halides is 3. The molecule has 2 fully saturated rings. The maximum atomic E-state index is 13.3. The monoisotopic (exact) mass is 616 g/mol. The van der Waals surface area contributed by atoms with Gasteiger partial charge in [0.25, 0.3) is 0 Å². The number of halogens is 5. The summed E-state index contributed by atoms with van der Waals surface area (Å²) in [6, 6.07) is 19.2. The number of fused-ring (bicyclic) bond motifs is 1. The van der Waals surface area contributed by atoms with E-state index in [2.05, 4.69) is 32.6 Å². The molecule has 1 saturated heterocycles. The highest BCUT2D eigenvalue weighted by Crippen LogP contribution is 2.57. The molecule has 12 heteroatoms. The van der Waals surface area contributed by atoms with Crippen molar-refractivity contribution in [3.8, 4) is 0 Å². The molecule has 42 heavy (non-hydrogen) atoms. The summed E-state index contributed by atoms with van der Waals surface area (Å²) in [5.41, 5.74) is 2.59. The zero-order valence-corrected chi connectivity index (χ0v) is 24.3. The standard InChI is InChI=1S/C30H29Cl2F3N6O/c1-39-26-17-25(41-13-11-40(12-14-41)20-5-3-2-4-6-20)22(32)16-24(26)38-28(39)37-23-15-19(7-8-21(23)31)18-36-27(42)29(9-10-29)30(33,34)35/h2-8,15-17H,9-14,18H2,1H3,(H,36,42)(H,37,38). The van der Waals surface area contributed by atoms with Gasteiger partial charge in [0.05, 0.1) is 32.5 Å². The molecule has 1 saturated carbocycles. The van der Waals surface area contributed by atoms with Crippen LogP contribution in [0.2, 0.25) is 10.0 Å². The van der Waals surface area contributed by atoms with Gasteiger partial charge in [0, 0.05) is 45.5 Å². The summed E-state index contributed by atoms with van der Waals surface area (Å²) in [4.78, 5) is 21.6. The van der Waals surface area contributed by atoms with E-state index in [-0.39, 0.29) is 19.4 Å². The minimum absolute atomic E-state index is 0.0540. The van der Waals surface area contributed by atoms with Crippen molar-refractivity contribution < 1.29 is 18.0 Å². The van der Waals surface area contributed by atoms with Crippen molar-refractivity contribution in [3.05, 3.63) is 76.3 Å². The Kier molecular flexibility index (Phi) is 7.39. The number of aryl methyl sites for hydroxylation is 1. The van der Waals surface area contributed by atoms with Crippen LogP contribution in [0, 0.1) is 5.41 Å². The zero-order chi connectivity index (χ0) is 29.6. The van der Waals surface area contributed by atoms with Crippen molar-refractivity contribution >= 4 is 63.2 Å². The average molecular weight is 618 g/mol. The molecule has 0 bridgehead atoms. The number of anilines is 4. The molecule has 1 amide bonds. The van der Waals surface area contributed by atoms with Gasteiger partial charge in [-0.15, -0.1) is 0 Å². The number of para-hydroxylation sites is 1. The van der Waals surface area contributed by atoms with E-state index in [4.69, 9.17) is 28.2 Å². The Bertz CT molecular complexity index is 1630. The summed E-state index contributed by atoms with van der Waals surface area (Å²) in [7, 11) is 1.88. The molecule has 2 N–H and O–H groups in total. The fourth-order valence-corrected chi connectivity index (χ4v) is 5.86. The van der Waals surface area contributed by atoms with Crippen LogP contribution >= 0.6 is 23.2 Å². The van der Waals surface area contributed by atoms with Gasteiger partial charge in [-0.05, 0) is 54.8 Å². The van der Waals surface area contributed by atoms with Crippen molar-refractivity contribution in [1.82, 2.24) is 14.9 Å². The van der Waals surface area contributed by atoms with Crippen molar-refractivity contribution in [1.29, 1.82) is 0 Å². The zero-order valence-electron chi connectivity index (χ0n) is 22.8. The number of nitrogens with one attached hydrogen (secondary N) is 2. The van der Waals surface area contributed by atoms with Crippen LogP contribution in [0.4, 0.5) is 36.2 Å². The van der Waals surface area contributed by atoms with Gasteiger partial charge < -0.3 is 25.0 Å². The first-order valence-corrected chi connectivity index (χ1v) is 14.4. The topological polar surface area (TPSA) is 65.4 Å². The lowest BCUT2D eigenvalue weighted by Crippen LogP contribution is -2.46. The number of carbonyl (C=O) groups is 1. The third kappa shape index (κ3) is 5.33. The highest BCUT2D eigenvalue weighted by Gasteiger charge is 2.68. The molecule has 0 atom stereocenters. The normalized spacial score (nSPS) is 16.5. The fraction of sp³-hybridized carbons (Fsp3) is 0.333. The van der Waals surface area contributed by atoms with Gasteiger partial charge in [0.1, 0.15) is 5.41 Å². The number of hydrogen-bond acceptors (Lipinski definition) is 5. The molecule has 1 aliphatic carbocycles. The van der Waals surface area contributed by atoms with Crippen LogP contribution in [0.15, 0.2) is 60.7 Å².